The predicted molar refractivity (Wildman–Crippen MR) is 84.0 cm³/mol. The number of nitriles is 1. The molecule has 1 heterocycles. The Hall–Kier alpha value is -1.58. The SMILES string of the molecule is CCNCc1ccc(N2CCS(=O)(=O)CC2C)c(C#N)c1. The fourth-order valence-electron chi connectivity index (χ4n) is 2.66. The monoisotopic (exact) mass is 307 g/mol. The van der Waals surface area contributed by atoms with Crippen LogP contribution >= 0.6 is 0 Å². The van der Waals surface area contributed by atoms with Crippen LogP contribution in [0, 0.1) is 11.3 Å². The lowest BCUT2D eigenvalue weighted by Crippen LogP contribution is -2.47. The number of rotatable bonds is 4. The Morgan fingerprint density at radius 1 is 1.48 bits per heavy atom. The maximum absolute atomic E-state index is 11.7. The Kier molecular flexibility index (Phi) is 4.86. The van der Waals surface area contributed by atoms with Crippen LogP contribution in [0.2, 0.25) is 0 Å². The van der Waals surface area contributed by atoms with Crippen molar-refractivity contribution in [1.29, 1.82) is 5.26 Å². The molecule has 1 aromatic carbocycles. The molecule has 1 aliphatic rings. The number of nitrogens with one attached hydrogen (secondary N) is 1. The van der Waals surface area contributed by atoms with Crippen molar-refractivity contribution in [3.8, 4) is 6.07 Å². The van der Waals surface area contributed by atoms with Gasteiger partial charge in [0.15, 0.2) is 9.84 Å². The normalized spacial score (nSPS) is 21.0. The quantitative estimate of drug-likeness (QED) is 0.907. The molecule has 0 radical (unpaired) electrons. The smallest absolute Gasteiger partial charge is 0.154 e. The second-order valence-electron chi connectivity index (χ2n) is 5.40. The number of anilines is 1. The van der Waals surface area contributed by atoms with E-state index < -0.39 is 9.84 Å². The highest BCUT2D eigenvalue weighted by Crippen LogP contribution is 2.26. The van der Waals surface area contributed by atoms with Gasteiger partial charge in [0, 0.05) is 19.1 Å². The number of sulfone groups is 1. The van der Waals surface area contributed by atoms with Crippen molar-refractivity contribution in [3.05, 3.63) is 29.3 Å². The zero-order chi connectivity index (χ0) is 15.5. The molecule has 1 unspecified atom stereocenters. The van der Waals surface area contributed by atoms with Gasteiger partial charge in [-0.2, -0.15) is 5.26 Å². The summed E-state index contributed by atoms with van der Waals surface area (Å²) in [6, 6.07) is 7.94. The fraction of sp³-hybridized carbons (Fsp3) is 0.533. The van der Waals surface area contributed by atoms with Crippen molar-refractivity contribution in [2.45, 2.75) is 26.4 Å². The Morgan fingerprint density at radius 3 is 2.86 bits per heavy atom. The van der Waals surface area contributed by atoms with E-state index in [9.17, 15) is 13.7 Å². The first-order valence-corrected chi connectivity index (χ1v) is 9.00. The highest BCUT2D eigenvalue weighted by molar-refractivity contribution is 7.91. The third-order valence-electron chi connectivity index (χ3n) is 3.74. The predicted octanol–water partition coefficient (Wildman–Crippen LogP) is 1.29. The number of hydrogen-bond acceptors (Lipinski definition) is 5. The summed E-state index contributed by atoms with van der Waals surface area (Å²) < 4.78 is 23.3. The summed E-state index contributed by atoms with van der Waals surface area (Å²) in [6.07, 6.45) is 0. The third-order valence-corrected chi connectivity index (χ3v) is 5.54. The largest absolute Gasteiger partial charge is 0.366 e. The molecule has 0 bridgehead atoms. The lowest BCUT2D eigenvalue weighted by Gasteiger charge is -2.35. The number of nitrogens with zero attached hydrogens (tertiary/aromatic N) is 2. The average molecular weight is 307 g/mol. The van der Waals surface area contributed by atoms with Crippen LogP contribution in [0.15, 0.2) is 18.2 Å². The summed E-state index contributed by atoms with van der Waals surface area (Å²) in [5.41, 5.74) is 2.51. The molecule has 0 aliphatic carbocycles. The lowest BCUT2D eigenvalue weighted by atomic mass is 10.1. The highest BCUT2D eigenvalue weighted by Gasteiger charge is 2.29. The van der Waals surface area contributed by atoms with Crippen molar-refractivity contribution in [3.63, 3.8) is 0 Å². The Balaban J connectivity index is 2.26. The summed E-state index contributed by atoms with van der Waals surface area (Å²) in [5.74, 6) is 0.304. The summed E-state index contributed by atoms with van der Waals surface area (Å²) in [4.78, 5) is 2.02. The molecule has 0 aromatic heterocycles. The van der Waals surface area contributed by atoms with Gasteiger partial charge in [0.05, 0.1) is 22.8 Å². The van der Waals surface area contributed by atoms with E-state index in [1.807, 2.05) is 36.9 Å². The molecule has 0 saturated carbocycles. The van der Waals surface area contributed by atoms with Crippen LogP contribution in [0.4, 0.5) is 5.69 Å². The molecule has 0 amide bonds. The highest BCUT2D eigenvalue weighted by atomic mass is 32.2. The lowest BCUT2D eigenvalue weighted by molar-refractivity contribution is 0.568. The fourth-order valence-corrected chi connectivity index (χ4v) is 4.22. The summed E-state index contributed by atoms with van der Waals surface area (Å²) in [7, 11) is -2.95. The molecule has 5 nitrogen and oxygen atoms in total. The van der Waals surface area contributed by atoms with E-state index in [1.165, 1.54) is 0 Å². The van der Waals surface area contributed by atoms with E-state index in [2.05, 4.69) is 11.4 Å². The van der Waals surface area contributed by atoms with Gasteiger partial charge < -0.3 is 10.2 Å². The second kappa shape index (κ2) is 6.46. The molecule has 1 aromatic rings. The van der Waals surface area contributed by atoms with E-state index >= 15 is 0 Å². The molecule has 1 atom stereocenters. The number of benzene rings is 1. The van der Waals surface area contributed by atoms with Gasteiger partial charge >= 0.3 is 0 Å². The zero-order valence-corrected chi connectivity index (χ0v) is 13.3. The van der Waals surface area contributed by atoms with Crippen molar-refractivity contribution in [2.75, 3.05) is 29.5 Å². The molecule has 0 spiro atoms. The Labute approximate surface area is 126 Å². The molecule has 1 fully saturated rings. The Morgan fingerprint density at radius 2 is 2.24 bits per heavy atom. The molecule has 1 saturated heterocycles. The van der Waals surface area contributed by atoms with Gasteiger partial charge in [-0.3, -0.25) is 0 Å². The minimum Gasteiger partial charge on any atom is -0.366 e. The molecule has 114 valence electrons. The van der Waals surface area contributed by atoms with Crippen molar-refractivity contribution in [2.24, 2.45) is 0 Å². The van der Waals surface area contributed by atoms with Gasteiger partial charge in [0.2, 0.25) is 0 Å². The van der Waals surface area contributed by atoms with Crippen LogP contribution in [-0.2, 0) is 16.4 Å². The molecular weight excluding hydrogens is 286 g/mol. The van der Waals surface area contributed by atoms with Gasteiger partial charge in [-0.05, 0) is 31.2 Å². The maximum Gasteiger partial charge on any atom is 0.154 e. The van der Waals surface area contributed by atoms with Crippen molar-refractivity contribution in [1.82, 2.24) is 5.32 Å². The minimum absolute atomic E-state index is 0.101. The van der Waals surface area contributed by atoms with E-state index in [-0.39, 0.29) is 17.5 Å². The van der Waals surface area contributed by atoms with E-state index in [1.54, 1.807) is 0 Å². The molecule has 21 heavy (non-hydrogen) atoms. The van der Waals surface area contributed by atoms with Gasteiger partial charge in [-0.25, -0.2) is 8.42 Å². The summed E-state index contributed by atoms with van der Waals surface area (Å²) >= 11 is 0. The maximum atomic E-state index is 11.7. The zero-order valence-electron chi connectivity index (χ0n) is 12.5. The van der Waals surface area contributed by atoms with E-state index in [0.717, 1.165) is 24.3 Å². The molecule has 6 heteroatoms. The van der Waals surface area contributed by atoms with E-state index in [4.69, 9.17) is 0 Å². The van der Waals surface area contributed by atoms with Crippen LogP contribution in [0.25, 0.3) is 0 Å². The van der Waals surface area contributed by atoms with Crippen LogP contribution in [0.5, 0.6) is 0 Å². The molecule has 1 N–H and O–H groups in total. The van der Waals surface area contributed by atoms with Crippen molar-refractivity contribution < 1.29 is 8.42 Å². The Bertz CT molecular complexity index is 649. The van der Waals surface area contributed by atoms with E-state index in [0.29, 0.717) is 12.1 Å². The first kappa shape index (κ1) is 15.8. The van der Waals surface area contributed by atoms with Gasteiger partial charge in [-0.1, -0.05) is 13.0 Å². The molecule has 2 rings (SSSR count). The summed E-state index contributed by atoms with van der Waals surface area (Å²) in [5, 5.41) is 12.6. The second-order valence-corrected chi connectivity index (χ2v) is 7.63. The first-order chi connectivity index (χ1) is 9.96. The van der Waals surface area contributed by atoms with Gasteiger partial charge in [-0.15, -0.1) is 0 Å². The van der Waals surface area contributed by atoms with Crippen LogP contribution in [0.3, 0.4) is 0 Å². The standard InChI is InChI=1S/C15H21N3O2S/c1-3-17-10-13-4-5-15(14(8-13)9-16)18-6-7-21(19,20)11-12(18)2/h4-5,8,12,17H,3,6-7,10-11H2,1-2H3. The summed E-state index contributed by atoms with van der Waals surface area (Å²) in [6.45, 7) is 5.99. The van der Waals surface area contributed by atoms with Crippen molar-refractivity contribution >= 4 is 15.5 Å². The molecular formula is C15H21N3O2S. The average Bonchev–Trinajstić information content (AvgIpc) is 2.44. The van der Waals surface area contributed by atoms with Crippen LogP contribution < -0.4 is 10.2 Å². The topological polar surface area (TPSA) is 73.2 Å². The van der Waals surface area contributed by atoms with Crippen LogP contribution in [-0.4, -0.2) is 39.1 Å². The third kappa shape index (κ3) is 3.74. The van der Waals surface area contributed by atoms with Gasteiger partial charge in [0.25, 0.3) is 0 Å². The van der Waals surface area contributed by atoms with Crippen LogP contribution in [0.1, 0.15) is 25.0 Å². The first-order valence-electron chi connectivity index (χ1n) is 7.17. The minimum atomic E-state index is -2.95. The van der Waals surface area contributed by atoms with Gasteiger partial charge in [0.1, 0.15) is 6.07 Å². The number of hydrogen-bond donors (Lipinski definition) is 1. The molecule has 1 aliphatic heterocycles.